The van der Waals surface area contributed by atoms with Gasteiger partial charge in [-0.1, -0.05) is 129 Å². The van der Waals surface area contributed by atoms with Gasteiger partial charge < -0.3 is 24.0 Å². The Kier molecular flexibility index (Phi) is 24.8. The van der Waals surface area contributed by atoms with E-state index >= 15 is 0 Å². The van der Waals surface area contributed by atoms with E-state index in [0.717, 1.165) is 69.0 Å². The molecule has 0 N–H and O–H groups in total. The van der Waals surface area contributed by atoms with Crippen molar-refractivity contribution in [3.8, 4) is 11.5 Å². The van der Waals surface area contributed by atoms with Gasteiger partial charge in [0.1, 0.15) is 18.1 Å². The number of hydrogen-bond acceptors (Lipinski definition) is 6. The molecular weight excluding hydrogens is 572 g/mol. The summed E-state index contributed by atoms with van der Waals surface area (Å²) in [7, 11) is 2.17. The van der Waals surface area contributed by atoms with Crippen LogP contribution < -0.4 is 9.47 Å². The number of ether oxygens (including phenoxy) is 3. The number of unbranched alkanes of at least 4 members (excludes halogenated alkanes) is 18. The molecule has 2 rings (SSSR count). The van der Waals surface area contributed by atoms with Gasteiger partial charge in [-0.05, 0) is 50.6 Å². The summed E-state index contributed by atoms with van der Waals surface area (Å²) in [6.45, 7) is 11.6. The number of carbonyl (C=O) groups excluding carboxylic acids is 1. The average Bonchev–Trinajstić information content (AvgIpc) is 3.06. The maximum atomic E-state index is 12.5. The zero-order chi connectivity index (χ0) is 32.9. The van der Waals surface area contributed by atoms with Crippen LogP contribution in [0.4, 0.5) is 0 Å². The zero-order valence-corrected chi connectivity index (χ0v) is 30.5. The van der Waals surface area contributed by atoms with Gasteiger partial charge in [-0.15, -0.1) is 0 Å². The largest absolute Gasteiger partial charge is 0.493 e. The lowest BCUT2D eigenvalue weighted by molar-refractivity contribution is -0.145. The number of likely N-dealkylation sites (N-methyl/N-ethyl adjacent to an activating group) is 1. The topological polar surface area (TPSA) is 51.2 Å². The zero-order valence-electron chi connectivity index (χ0n) is 30.5. The summed E-state index contributed by atoms with van der Waals surface area (Å²) >= 11 is 0. The summed E-state index contributed by atoms with van der Waals surface area (Å²) in [5.41, 5.74) is 0.936. The minimum absolute atomic E-state index is 0.126. The summed E-state index contributed by atoms with van der Waals surface area (Å²) in [5, 5.41) is 0. The van der Waals surface area contributed by atoms with Crippen LogP contribution in [-0.2, 0) is 16.1 Å². The van der Waals surface area contributed by atoms with Gasteiger partial charge in [-0.3, -0.25) is 4.79 Å². The van der Waals surface area contributed by atoms with Crippen molar-refractivity contribution < 1.29 is 19.0 Å². The number of rotatable bonds is 30. The first kappa shape index (κ1) is 40.4. The van der Waals surface area contributed by atoms with Gasteiger partial charge in [-0.2, -0.15) is 0 Å². The molecule has 1 fully saturated rings. The van der Waals surface area contributed by atoms with Crippen molar-refractivity contribution in [2.24, 2.45) is 0 Å². The Morgan fingerprint density at radius 3 is 1.48 bits per heavy atom. The van der Waals surface area contributed by atoms with Crippen LogP contribution in [0, 0.1) is 0 Å². The predicted octanol–water partition coefficient (Wildman–Crippen LogP) is 10.4. The van der Waals surface area contributed by atoms with Gasteiger partial charge in [0.2, 0.25) is 0 Å². The molecule has 1 aliphatic rings. The minimum Gasteiger partial charge on any atom is -0.493 e. The summed E-state index contributed by atoms with van der Waals surface area (Å²) in [6, 6.07) is 6.04. The molecule has 1 aromatic carbocycles. The number of hydrogen-bond donors (Lipinski definition) is 0. The molecule has 6 nitrogen and oxygen atoms in total. The lowest BCUT2D eigenvalue weighted by Crippen LogP contribution is -2.44. The van der Waals surface area contributed by atoms with E-state index in [2.05, 4.69) is 30.7 Å². The number of esters is 1. The van der Waals surface area contributed by atoms with Crippen LogP contribution in [0.1, 0.15) is 161 Å². The van der Waals surface area contributed by atoms with E-state index in [0.29, 0.717) is 19.6 Å². The Morgan fingerprint density at radius 1 is 0.587 bits per heavy atom. The molecule has 1 aliphatic heterocycles. The second-order valence-electron chi connectivity index (χ2n) is 13.8. The molecule has 0 saturated carbocycles. The molecule has 46 heavy (non-hydrogen) atoms. The Labute approximate surface area is 284 Å². The number of carbonyl (C=O) groups is 1. The van der Waals surface area contributed by atoms with Crippen LogP contribution in [-0.4, -0.2) is 68.8 Å². The molecule has 0 amide bonds. The third kappa shape index (κ3) is 21.9. The number of benzene rings is 1. The summed E-state index contributed by atoms with van der Waals surface area (Å²) in [4.78, 5) is 17.3. The van der Waals surface area contributed by atoms with E-state index in [1.54, 1.807) is 0 Å². The molecule has 0 radical (unpaired) electrons. The Balaban J connectivity index is 1.71. The standard InChI is InChI=1S/C40H72N2O4/c1-4-6-8-10-12-14-15-17-19-21-23-32-45-39-34-37(36-46-40(43)25-24-26-42-29-27-41(3)28-30-42)33-38(35-39)44-31-22-20-18-16-13-11-9-7-5-2/h33-35H,4-32,36H2,1-3H3. The molecule has 0 unspecified atom stereocenters. The van der Waals surface area contributed by atoms with E-state index in [1.165, 1.54) is 116 Å². The predicted molar refractivity (Wildman–Crippen MR) is 194 cm³/mol. The maximum absolute atomic E-state index is 12.5. The van der Waals surface area contributed by atoms with Crippen LogP contribution in [0.25, 0.3) is 0 Å². The third-order valence-corrected chi connectivity index (χ3v) is 9.32. The highest BCUT2D eigenvalue weighted by molar-refractivity contribution is 5.69. The van der Waals surface area contributed by atoms with Gasteiger partial charge >= 0.3 is 5.97 Å². The highest BCUT2D eigenvalue weighted by Crippen LogP contribution is 2.25. The second kappa shape index (κ2) is 28.2. The average molecular weight is 645 g/mol. The molecule has 0 aliphatic carbocycles. The summed E-state index contributed by atoms with van der Waals surface area (Å²) in [6.07, 6.45) is 27.6. The van der Waals surface area contributed by atoms with Crippen LogP contribution in [0.3, 0.4) is 0 Å². The SMILES string of the molecule is CCCCCCCCCCCCCOc1cc(COC(=O)CCCN2CCN(C)CC2)cc(OCCCCCCCCCCC)c1. The van der Waals surface area contributed by atoms with Gasteiger partial charge in [-0.25, -0.2) is 0 Å². The van der Waals surface area contributed by atoms with E-state index in [4.69, 9.17) is 14.2 Å². The molecule has 0 atom stereocenters. The van der Waals surface area contributed by atoms with Gasteiger partial charge in [0.25, 0.3) is 0 Å². The molecule has 6 heteroatoms. The van der Waals surface area contributed by atoms with E-state index < -0.39 is 0 Å². The Hall–Kier alpha value is -1.79. The van der Waals surface area contributed by atoms with E-state index in [1.807, 2.05) is 18.2 Å². The molecule has 1 saturated heterocycles. The molecule has 0 aromatic heterocycles. The van der Waals surface area contributed by atoms with Crippen LogP contribution in [0.5, 0.6) is 11.5 Å². The van der Waals surface area contributed by atoms with Crippen LogP contribution in [0.2, 0.25) is 0 Å². The van der Waals surface area contributed by atoms with Crippen LogP contribution in [0.15, 0.2) is 18.2 Å². The number of nitrogens with zero attached hydrogens (tertiary/aromatic N) is 2. The van der Waals surface area contributed by atoms with Crippen molar-refractivity contribution in [2.45, 2.75) is 162 Å². The minimum atomic E-state index is -0.126. The second-order valence-corrected chi connectivity index (χ2v) is 13.8. The summed E-state index contributed by atoms with van der Waals surface area (Å²) in [5.74, 6) is 1.51. The normalized spacial score (nSPS) is 14.1. The van der Waals surface area contributed by atoms with Gasteiger partial charge in [0, 0.05) is 38.7 Å². The molecule has 266 valence electrons. The lowest BCUT2D eigenvalue weighted by atomic mass is 10.1. The fourth-order valence-corrected chi connectivity index (χ4v) is 6.19. The smallest absolute Gasteiger partial charge is 0.306 e. The monoisotopic (exact) mass is 645 g/mol. The first-order chi connectivity index (χ1) is 22.6. The summed E-state index contributed by atoms with van der Waals surface area (Å²) < 4.78 is 18.1. The fraction of sp³-hybridized carbons (Fsp3) is 0.825. The quantitative estimate of drug-likeness (QED) is 0.0614. The third-order valence-electron chi connectivity index (χ3n) is 9.32. The molecular formula is C40H72N2O4. The van der Waals surface area contributed by atoms with Crippen molar-refractivity contribution in [2.75, 3.05) is 53.0 Å². The molecule has 1 heterocycles. The van der Waals surface area contributed by atoms with Gasteiger partial charge in [0.05, 0.1) is 13.2 Å². The van der Waals surface area contributed by atoms with Crippen molar-refractivity contribution in [1.82, 2.24) is 9.80 Å². The first-order valence-electron chi connectivity index (χ1n) is 19.6. The molecule has 1 aromatic rings. The Morgan fingerprint density at radius 2 is 1.02 bits per heavy atom. The lowest BCUT2D eigenvalue weighted by Gasteiger charge is -2.32. The fourth-order valence-electron chi connectivity index (χ4n) is 6.19. The van der Waals surface area contributed by atoms with Crippen LogP contribution >= 0.6 is 0 Å². The molecule has 0 bridgehead atoms. The highest BCUT2D eigenvalue weighted by Gasteiger charge is 2.14. The van der Waals surface area contributed by atoms with Gasteiger partial charge in [0.15, 0.2) is 0 Å². The number of piperazine rings is 1. The highest BCUT2D eigenvalue weighted by atomic mass is 16.5. The Bertz CT molecular complexity index is 856. The van der Waals surface area contributed by atoms with E-state index in [9.17, 15) is 4.79 Å². The van der Waals surface area contributed by atoms with Crippen molar-refractivity contribution in [3.05, 3.63) is 23.8 Å². The van der Waals surface area contributed by atoms with Crippen molar-refractivity contribution >= 4 is 5.97 Å². The van der Waals surface area contributed by atoms with Crippen molar-refractivity contribution in [1.29, 1.82) is 0 Å². The maximum Gasteiger partial charge on any atom is 0.306 e. The first-order valence-corrected chi connectivity index (χ1v) is 19.6. The van der Waals surface area contributed by atoms with Crippen molar-refractivity contribution in [3.63, 3.8) is 0 Å². The van der Waals surface area contributed by atoms with E-state index in [-0.39, 0.29) is 12.6 Å². The molecule has 0 spiro atoms.